The van der Waals surface area contributed by atoms with Crippen LogP contribution in [-0.2, 0) is 11.3 Å². The molecule has 2 saturated heterocycles. The number of nitrogens with zero attached hydrogens (tertiary/aromatic N) is 5. The highest BCUT2D eigenvalue weighted by molar-refractivity contribution is 14.0. The number of hydrogen-bond acceptors (Lipinski definition) is 6. The maximum Gasteiger partial charge on any atom is 0.191 e. The Hall–Kier alpha value is -1.17. The van der Waals surface area contributed by atoms with Crippen LogP contribution in [0.1, 0.15) is 33.3 Å². The van der Waals surface area contributed by atoms with E-state index >= 15 is 0 Å². The van der Waals surface area contributed by atoms with E-state index in [1.165, 1.54) is 5.56 Å². The molecule has 0 saturated carbocycles. The van der Waals surface area contributed by atoms with E-state index in [9.17, 15) is 0 Å². The molecule has 0 aliphatic carbocycles. The van der Waals surface area contributed by atoms with E-state index in [0.29, 0.717) is 6.54 Å². The molecule has 1 aromatic heterocycles. The Labute approximate surface area is 211 Å². The van der Waals surface area contributed by atoms with Crippen LogP contribution in [0.2, 0.25) is 0 Å². The Morgan fingerprint density at radius 2 is 1.81 bits per heavy atom. The van der Waals surface area contributed by atoms with Gasteiger partial charge in [0.2, 0.25) is 0 Å². The van der Waals surface area contributed by atoms with Gasteiger partial charge in [-0.2, -0.15) is 0 Å². The van der Waals surface area contributed by atoms with Gasteiger partial charge >= 0.3 is 0 Å². The fourth-order valence-corrected chi connectivity index (χ4v) is 4.12. The highest BCUT2D eigenvalue weighted by atomic mass is 127. The van der Waals surface area contributed by atoms with E-state index < -0.39 is 0 Å². The molecule has 182 valence electrons. The molecule has 2 aliphatic rings. The van der Waals surface area contributed by atoms with Crippen molar-refractivity contribution >= 4 is 35.8 Å². The monoisotopic (exact) mass is 559 g/mol. The van der Waals surface area contributed by atoms with E-state index in [4.69, 9.17) is 9.73 Å². The first-order valence-corrected chi connectivity index (χ1v) is 11.8. The Morgan fingerprint density at radius 1 is 1.09 bits per heavy atom. The highest BCUT2D eigenvalue weighted by Crippen LogP contribution is 2.17. The van der Waals surface area contributed by atoms with Crippen molar-refractivity contribution in [1.29, 1.82) is 0 Å². The SMILES string of the molecule is CCNC(=NCc1ccnc(N2CCN(CC)CC2)c1)NCC(C)(C)N1CCOCC1.I. The van der Waals surface area contributed by atoms with Crippen LogP contribution in [0.4, 0.5) is 5.82 Å². The molecule has 9 heteroatoms. The summed E-state index contributed by atoms with van der Waals surface area (Å²) in [6, 6.07) is 4.25. The molecule has 0 bridgehead atoms. The summed E-state index contributed by atoms with van der Waals surface area (Å²) in [7, 11) is 0. The van der Waals surface area contributed by atoms with Crippen LogP contribution in [0.3, 0.4) is 0 Å². The average Bonchev–Trinajstić information content (AvgIpc) is 2.82. The lowest BCUT2D eigenvalue weighted by molar-refractivity contribution is -0.00834. The predicted molar refractivity (Wildman–Crippen MR) is 143 cm³/mol. The van der Waals surface area contributed by atoms with Crippen molar-refractivity contribution in [1.82, 2.24) is 25.4 Å². The van der Waals surface area contributed by atoms with Crippen LogP contribution in [0, 0.1) is 0 Å². The summed E-state index contributed by atoms with van der Waals surface area (Å²) in [6.07, 6.45) is 1.91. The van der Waals surface area contributed by atoms with Gasteiger partial charge in [0.05, 0.1) is 19.8 Å². The van der Waals surface area contributed by atoms with Crippen molar-refractivity contribution in [3.63, 3.8) is 0 Å². The fourth-order valence-electron chi connectivity index (χ4n) is 4.12. The first-order valence-electron chi connectivity index (χ1n) is 11.8. The first-order chi connectivity index (χ1) is 15.0. The van der Waals surface area contributed by atoms with Gasteiger partial charge < -0.3 is 25.2 Å². The number of nitrogens with one attached hydrogen (secondary N) is 2. The van der Waals surface area contributed by atoms with Gasteiger partial charge in [-0.3, -0.25) is 4.90 Å². The van der Waals surface area contributed by atoms with Gasteiger partial charge in [-0.25, -0.2) is 9.98 Å². The second kappa shape index (κ2) is 13.5. The topological polar surface area (TPSA) is 68.3 Å². The van der Waals surface area contributed by atoms with Crippen LogP contribution in [0.15, 0.2) is 23.3 Å². The van der Waals surface area contributed by atoms with Gasteiger partial charge in [-0.15, -0.1) is 24.0 Å². The highest BCUT2D eigenvalue weighted by Gasteiger charge is 2.28. The second-order valence-electron chi connectivity index (χ2n) is 8.90. The van der Waals surface area contributed by atoms with Gasteiger partial charge in [0.15, 0.2) is 5.96 Å². The lowest BCUT2D eigenvalue weighted by Crippen LogP contribution is -2.56. The number of rotatable bonds is 8. The zero-order valence-electron chi connectivity index (χ0n) is 20.3. The minimum absolute atomic E-state index is 0. The van der Waals surface area contributed by atoms with E-state index in [0.717, 1.165) is 83.9 Å². The van der Waals surface area contributed by atoms with Gasteiger partial charge in [-0.05, 0) is 45.0 Å². The van der Waals surface area contributed by atoms with E-state index in [1.807, 2.05) is 6.20 Å². The largest absolute Gasteiger partial charge is 0.379 e. The Balaban J connectivity index is 0.00000363. The Morgan fingerprint density at radius 3 is 2.47 bits per heavy atom. The maximum absolute atomic E-state index is 5.50. The zero-order valence-corrected chi connectivity index (χ0v) is 22.6. The van der Waals surface area contributed by atoms with Crippen molar-refractivity contribution in [3.8, 4) is 0 Å². The number of aromatic nitrogens is 1. The third-order valence-electron chi connectivity index (χ3n) is 6.27. The number of ether oxygens (including phenoxy) is 1. The molecule has 0 atom stereocenters. The molecule has 3 rings (SSSR count). The summed E-state index contributed by atoms with van der Waals surface area (Å²) >= 11 is 0. The molecule has 0 aromatic carbocycles. The number of hydrogen-bond donors (Lipinski definition) is 2. The van der Waals surface area contributed by atoms with Crippen LogP contribution in [0.5, 0.6) is 0 Å². The predicted octanol–water partition coefficient (Wildman–Crippen LogP) is 2.01. The minimum atomic E-state index is 0. The molecule has 0 unspecified atom stereocenters. The zero-order chi connectivity index (χ0) is 22.1. The maximum atomic E-state index is 5.50. The third kappa shape index (κ3) is 8.00. The molecule has 0 spiro atoms. The van der Waals surface area contributed by atoms with E-state index in [-0.39, 0.29) is 29.5 Å². The average molecular weight is 560 g/mol. The molecule has 8 nitrogen and oxygen atoms in total. The third-order valence-corrected chi connectivity index (χ3v) is 6.27. The summed E-state index contributed by atoms with van der Waals surface area (Å²) in [5, 5.41) is 6.92. The normalized spacial score (nSPS) is 18.9. The standard InChI is InChI=1S/C23H41N7O.HI/c1-5-24-22(27-19-23(3,4)30-13-15-31-16-14-30)26-18-20-7-8-25-21(17-20)29-11-9-28(6-2)10-12-29;/h7-8,17H,5-6,9-16,18-19H2,1-4H3,(H2,24,26,27);1H. The molecule has 2 N–H and O–H groups in total. The summed E-state index contributed by atoms with van der Waals surface area (Å²) < 4.78 is 5.50. The number of pyridine rings is 1. The molecule has 0 amide bonds. The van der Waals surface area contributed by atoms with Crippen LogP contribution >= 0.6 is 24.0 Å². The van der Waals surface area contributed by atoms with Crippen LogP contribution in [0.25, 0.3) is 0 Å². The van der Waals surface area contributed by atoms with Gasteiger partial charge in [-0.1, -0.05) is 6.92 Å². The van der Waals surface area contributed by atoms with Crippen molar-refractivity contribution < 1.29 is 4.74 Å². The number of morpholine rings is 1. The van der Waals surface area contributed by atoms with Gasteiger partial charge in [0.25, 0.3) is 0 Å². The lowest BCUT2D eigenvalue weighted by atomic mass is 10.0. The van der Waals surface area contributed by atoms with Crippen LogP contribution in [-0.4, -0.2) is 98.4 Å². The quantitative estimate of drug-likeness (QED) is 0.287. The number of guanidine groups is 1. The number of anilines is 1. The fraction of sp³-hybridized carbons (Fsp3) is 0.739. The smallest absolute Gasteiger partial charge is 0.191 e. The number of halogens is 1. The van der Waals surface area contributed by atoms with Crippen molar-refractivity contribution in [2.45, 2.75) is 39.8 Å². The number of aliphatic imine (C=N–C) groups is 1. The summed E-state index contributed by atoms with van der Waals surface area (Å²) in [5.41, 5.74) is 1.23. The molecule has 3 heterocycles. The van der Waals surface area contributed by atoms with E-state index in [1.54, 1.807) is 0 Å². The van der Waals surface area contributed by atoms with Gasteiger partial charge in [0.1, 0.15) is 5.82 Å². The van der Waals surface area contributed by atoms with Gasteiger partial charge in [0, 0.05) is 64.1 Å². The number of piperazine rings is 1. The van der Waals surface area contributed by atoms with Crippen molar-refractivity contribution in [2.75, 3.05) is 77.0 Å². The molecular weight excluding hydrogens is 517 g/mol. The van der Waals surface area contributed by atoms with Crippen molar-refractivity contribution in [2.24, 2.45) is 4.99 Å². The Kier molecular flexibility index (Phi) is 11.4. The minimum Gasteiger partial charge on any atom is -0.379 e. The van der Waals surface area contributed by atoms with Crippen LogP contribution < -0.4 is 15.5 Å². The second-order valence-corrected chi connectivity index (χ2v) is 8.90. The molecule has 2 aliphatic heterocycles. The number of likely N-dealkylation sites (N-methyl/N-ethyl adjacent to an activating group) is 1. The molecule has 2 fully saturated rings. The Bertz CT molecular complexity index is 701. The molecular formula is C23H42IN7O. The summed E-state index contributed by atoms with van der Waals surface area (Å²) in [6.45, 7) is 20.2. The first kappa shape index (κ1) is 27.1. The summed E-state index contributed by atoms with van der Waals surface area (Å²) in [4.78, 5) is 16.8. The lowest BCUT2D eigenvalue weighted by Gasteiger charge is -2.41. The molecule has 0 radical (unpaired) electrons. The molecule has 1 aromatic rings. The van der Waals surface area contributed by atoms with E-state index in [2.05, 4.69) is 70.1 Å². The molecule has 32 heavy (non-hydrogen) atoms. The van der Waals surface area contributed by atoms with Crippen molar-refractivity contribution in [3.05, 3.63) is 23.9 Å². The summed E-state index contributed by atoms with van der Waals surface area (Å²) in [5.74, 6) is 1.92.